The number of hydrogen-bond donors (Lipinski definition) is 0. The van der Waals surface area contributed by atoms with Crippen LogP contribution in [0.15, 0.2) is 59.2 Å². The Kier molecular flexibility index (Phi) is 5.66. The molecular weight excluding hydrogens is 447 g/mol. The van der Waals surface area contributed by atoms with Gasteiger partial charge in [0.05, 0.1) is 23.4 Å². The quantitative estimate of drug-likeness (QED) is 0.483. The van der Waals surface area contributed by atoms with E-state index in [9.17, 15) is 4.79 Å². The van der Waals surface area contributed by atoms with Crippen molar-refractivity contribution in [3.63, 3.8) is 0 Å². The maximum absolute atomic E-state index is 13.2. The van der Waals surface area contributed by atoms with Crippen molar-refractivity contribution in [3.8, 4) is 5.75 Å². The van der Waals surface area contributed by atoms with Crippen molar-refractivity contribution in [2.45, 2.75) is 24.8 Å². The van der Waals surface area contributed by atoms with E-state index < -0.39 is 0 Å². The third kappa shape index (κ3) is 3.79. The van der Waals surface area contributed by atoms with Gasteiger partial charge < -0.3 is 14.1 Å². The Balaban J connectivity index is 1.38. The van der Waals surface area contributed by atoms with Crippen LogP contribution in [0.5, 0.6) is 5.75 Å². The highest BCUT2D eigenvalue weighted by molar-refractivity contribution is 6.42. The van der Waals surface area contributed by atoms with Crippen LogP contribution in [0.1, 0.15) is 34.5 Å². The lowest BCUT2D eigenvalue weighted by atomic mass is 9.74. The van der Waals surface area contributed by atoms with E-state index >= 15 is 0 Å². The molecule has 3 aromatic rings. The number of carbonyl (C=O) groups excluding carboxylic acids is 1. The normalized spacial score (nSPS) is 17.5. The number of anilines is 1. The van der Waals surface area contributed by atoms with Crippen molar-refractivity contribution in [2.24, 2.45) is 0 Å². The first-order chi connectivity index (χ1) is 15.5. The van der Waals surface area contributed by atoms with E-state index in [-0.39, 0.29) is 11.3 Å². The highest BCUT2D eigenvalue weighted by Crippen LogP contribution is 2.48. The zero-order valence-corrected chi connectivity index (χ0v) is 19.3. The monoisotopic (exact) mass is 470 g/mol. The van der Waals surface area contributed by atoms with Crippen molar-refractivity contribution in [1.29, 1.82) is 0 Å². The minimum atomic E-state index is -0.100. The van der Waals surface area contributed by atoms with Crippen LogP contribution < -0.4 is 9.64 Å². The zero-order valence-electron chi connectivity index (χ0n) is 17.8. The van der Waals surface area contributed by atoms with Gasteiger partial charge in [-0.2, -0.15) is 0 Å². The largest absolute Gasteiger partial charge is 0.497 e. The fourth-order valence-corrected chi connectivity index (χ4v) is 5.27. The van der Waals surface area contributed by atoms with Gasteiger partial charge in [-0.1, -0.05) is 29.3 Å². The molecule has 0 aliphatic carbocycles. The second-order valence-electron chi connectivity index (χ2n) is 8.56. The summed E-state index contributed by atoms with van der Waals surface area (Å²) >= 11 is 12.3. The number of halogens is 2. The lowest BCUT2D eigenvalue weighted by Crippen LogP contribution is -2.45. The first kappa shape index (κ1) is 21.4. The molecule has 1 spiro atoms. The maximum Gasteiger partial charge on any atom is 0.293 e. The summed E-state index contributed by atoms with van der Waals surface area (Å²) in [6.45, 7) is 3.34. The summed E-state index contributed by atoms with van der Waals surface area (Å²) in [5.41, 5.74) is 3.19. The number of furan rings is 1. The second-order valence-corrected chi connectivity index (χ2v) is 9.37. The van der Waals surface area contributed by atoms with E-state index in [4.69, 9.17) is 32.4 Å². The molecule has 32 heavy (non-hydrogen) atoms. The van der Waals surface area contributed by atoms with Crippen molar-refractivity contribution in [3.05, 3.63) is 81.7 Å². The Labute approximate surface area is 197 Å². The van der Waals surface area contributed by atoms with Crippen LogP contribution in [0.25, 0.3) is 0 Å². The Morgan fingerprint density at radius 2 is 1.91 bits per heavy atom. The molecule has 2 aromatic carbocycles. The van der Waals surface area contributed by atoms with E-state index in [0.29, 0.717) is 22.4 Å². The Morgan fingerprint density at radius 3 is 2.59 bits per heavy atom. The molecule has 0 atom stereocenters. The second kappa shape index (κ2) is 8.47. The lowest BCUT2D eigenvalue weighted by molar-refractivity contribution is 0.0949. The average molecular weight is 471 g/mol. The van der Waals surface area contributed by atoms with Crippen LogP contribution in [0.3, 0.4) is 0 Å². The van der Waals surface area contributed by atoms with Crippen molar-refractivity contribution >= 4 is 34.8 Å². The third-order valence-corrected chi connectivity index (χ3v) is 7.45. The third-order valence-electron chi connectivity index (χ3n) is 6.71. The summed E-state index contributed by atoms with van der Waals surface area (Å²) in [5.74, 6) is 1.08. The Hall–Kier alpha value is -2.47. The first-order valence-corrected chi connectivity index (χ1v) is 11.4. The van der Waals surface area contributed by atoms with Gasteiger partial charge in [0.1, 0.15) is 5.75 Å². The smallest absolute Gasteiger partial charge is 0.293 e. The molecule has 1 amide bonds. The van der Waals surface area contributed by atoms with Gasteiger partial charge in [0.15, 0.2) is 5.76 Å². The van der Waals surface area contributed by atoms with Gasteiger partial charge >= 0.3 is 0 Å². The number of ether oxygens (including phenoxy) is 1. The Bertz CT molecular complexity index is 1140. The molecule has 2 aliphatic rings. The van der Waals surface area contributed by atoms with Gasteiger partial charge in [0, 0.05) is 24.2 Å². The van der Waals surface area contributed by atoms with Crippen LogP contribution in [0.2, 0.25) is 10.0 Å². The highest BCUT2D eigenvalue weighted by atomic mass is 35.5. The minimum absolute atomic E-state index is 0.0970. The van der Waals surface area contributed by atoms with Crippen molar-refractivity contribution < 1.29 is 13.9 Å². The van der Waals surface area contributed by atoms with E-state index in [1.807, 2.05) is 35.2 Å². The zero-order chi connectivity index (χ0) is 22.3. The summed E-state index contributed by atoms with van der Waals surface area (Å²) in [6.07, 6.45) is 3.45. The van der Waals surface area contributed by atoms with Crippen LogP contribution in [-0.4, -0.2) is 37.6 Å². The molecule has 3 heterocycles. The Morgan fingerprint density at radius 1 is 1.09 bits per heavy atom. The SMILES string of the molecule is COc1ccc2c(c1)C1(CCN(Cc3ccc(Cl)c(Cl)c3)CC1)CN2C(=O)c1ccco1. The number of piperidine rings is 1. The topological polar surface area (TPSA) is 45.9 Å². The number of rotatable bonds is 4. The number of amides is 1. The summed E-state index contributed by atoms with van der Waals surface area (Å²) in [4.78, 5) is 17.5. The predicted octanol–water partition coefficient (Wildman–Crippen LogP) is 5.79. The standard InChI is InChI=1S/C25H24Cl2N2O3/c1-31-18-5-7-22-19(14-18)25(16-29(22)24(30)23-3-2-12-32-23)8-10-28(11-9-25)15-17-4-6-20(26)21(27)13-17/h2-7,12-14H,8-11,15-16H2,1H3. The highest BCUT2D eigenvalue weighted by Gasteiger charge is 2.47. The van der Waals surface area contributed by atoms with Crippen molar-refractivity contribution in [1.82, 2.24) is 4.90 Å². The van der Waals surface area contributed by atoms with Gasteiger partial charge in [-0.15, -0.1) is 0 Å². The molecule has 166 valence electrons. The van der Waals surface area contributed by atoms with Crippen LogP contribution in [0, 0.1) is 0 Å². The van der Waals surface area contributed by atoms with Gasteiger partial charge in [-0.05, 0) is 79.5 Å². The molecule has 1 fully saturated rings. The molecule has 5 rings (SSSR count). The van der Waals surface area contributed by atoms with E-state index in [0.717, 1.165) is 49.5 Å². The molecule has 0 unspecified atom stereocenters. The molecule has 0 N–H and O–H groups in total. The number of hydrogen-bond acceptors (Lipinski definition) is 4. The average Bonchev–Trinajstić information content (AvgIpc) is 3.45. The van der Waals surface area contributed by atoms with Gasteiger partial charge in [0.25, 0.3) is 5.91 Å². The lowest BCUT2D eigenvalue weighted by Gasteiger charge is -2.40. The maximum atomic E-state index is 13.2. The van der Waals surface area contributed by atoms with Gasteiger partial charge in [-0.25, -0.2) is 0 Å². The summed E-state index contributed by atoms with van der Waals surface area (Å²) in [5, 5.41) is 1.16. The molecule has 0 radical (unpaired) electrons. The summed E-state index contributed by atoms with van der Waals surface area (Å²) in [7, 11) is 1.68. The number of carbonyl (C=O) groups is 1. The summed E-state index contributed by atoms with van der Waals surface area (Å²) in [6, 6.07) is 15.3. The van der Waals surface area contributed by atoms with E-state index in [1.54, 1.807) is 19.2 Å². The van der Waals surface area contributed by atoms with Crippen LogP contribution >= 0.6 is 23.2 Å². The molecule has 1 aromatic heterocycles. The molecule has 1 saturated heterocycles. The molecule has 2 aliphatic heterocycles. The first-order valence-electron chi connectivity index (χ1n) is 10.7. The molecule has 0 saturated carbocycles. The van der Waals surface area contributed by atoms with Gasteiger partial charge in [-0.3, -0.25) is 9.69 Å². The van der Waals surface area contributed by atoms with E-state index in [1.165, 1.54) is 11.8 Å². The molecule has 5 nitrogen and oxygen atoms in total. The molecule has 7 heteroatoms. The van der Waals surface area contributed by atoms with Gasteiger partial charge in [0.2, 0.25) is 0 Å². The van der Waals surface area contributed by atoms with Crippen LogP contribution in [-0.2, 0) is 12.0 Å². The number of fused-ring (bicyclic) bond motifs is 2. The summed E-state index contributed by atoms with van der Waals surface area (Å²) < 4.78 is 10.9. The number of likely N-dealkylation sites (tertiary alicyclic amines) is 1. The molecule has 0 bridgehead atoms. The predicted molar refractivity (Wildman–Crippen MR) is 126 cm³/mol. The fraction of sp³-hybridized carbons (Fsp3) is 0.320. The van der Waals surface area contributed by atoms with Crippen LogP contribution in [0.4, 0.5) is 5.69 Å². The van der Waals surface area contributed by atoms with E-state index in [2.05, 4.69) is 11.0 Å². The number of methoxy groups -OCH3 is 1. The fourth-order valence-electron chi connectivity index (χ4n) is 4.95. The molecular formula is C25H24Cl2N2O3. The number of benzene rings is 2. The number of nitrogens with zero attached hydrogens (tertiary/aromatic N) is 2. The van der Waals surface area contributed by atoms with Crippen molar-refractivity contribution in [2.75, 3.05) is 31.6 Å². The minimum Gasteiger partial charge on any atom is -0.497 e.